The van der Waals surface area contributed by atoms with E-state index in [4.69, 9.17) is 10.00 Å². The lowest BCUT2D eigenvalue weighted by Crippen LogP contribution is -2.52. The van der Waals surface area contributed by atoms with E-state index >= 15 is 0 Å². The molecular formula is C24H25BrFN3O3S. The van der Waals surface area contributed by atoms with E-state index in [2.05, 4.69) is 21.2 Å². The maximum atomic E-state index is 14.1. The molecule has 2 saturated heterocycles. The second-order valence-electron chi connectivity index (χ2n) is 9.52. The smallest absolute Gasteiger partial charge is 0.407 e. The Labute approximate surface area is 204 Å². The third-order valence-corrected chi connectivity index (χ3v) is 7.81. The second kappa shape index (κ2) is 9.07. The van der Waals surface area contributed by atoms with E-state index in [1.807, 2.05) is 31.7 Å². The van der Waals surface area contributed by atoms with Gasteiger partial charge in [-0.2, -0.15) is 5.26 Å². The molecule has 2 bridgehead atoms. The zero-order valence-electron chi connectivity index (χ0n) is 18.7. The van der Waals surface area contributed by atoms with Crippen LogP contribution in [-0.2, 0) is 4.74 Å². The molecule has 1 aromatic heterocycles. The number of nitriles is 1. The molecule has 1 N–H and O–H groups in total. The molecular weight excluding hydrogens is 509 g/mol. The van der Waals surface area contributed by atoms with E-state index in [9.17, 15) is 14.0 Å². The molecule has 2 aliphatic heterocycles. The van der Waals surface area contributed by atoms with Gasteiger partial charge in [0.1, 0.15) is 17.5 Å². The molecule has 2 aliphatic rings. The molecule has 0 radical (unpaired) electrons. The summed E-state index contributed by atoms with van der Waals surface area (Å²) in [5.41, 5.74) is 0.764. The lowest BCUT2D eigenvalue weighted by Gasteiger charge is -2.39. The van der Waals surface area contributed by atoms with Crippen LogP contribution in [0.5, 0.6) is 0 Å². The molecule has 3 heterocycles. The predicted molar refractivity (Wildman–Crippen MR) is 127 cm³/mol. The summed E-state index contributed by atoms with van der Waals surface area (Å²) in [6, 6.07) is 8.15. The summed E-state index contributed by atoms with van der Waals surface area (Å²) in [5.74, 6) is -0.622. The first-order valence-electron chi connectivity index (χ1n) is 10.9. The largest absolute Gasteiger partial charge is 0.444 e. The molecule has 0 saturated carbocycles. The van der Waals surface area contributed by atoms with Crippen molar-refractivity contribution in [3.05, 3.63) is 44.3 Å². The van der Waals surface area contributed by atoms with Crippen LogP contribution in [0.1, 0.15) is 61.7 Å². The Bertz CT molecular complexity index is 1120. The van der Waals surface area contributed by atoms with E-state index in [-0.39, 0.29) is 29.6 Å². The predicted octanol–water partition coefficient (Wildman–Crippen LogP) is 5.85. The number of thiophene rings is 1. The van der Waals surface area contributed by atoms with Gasteiger partial charge < -0.3 is 15.0 Å². The fourth-order valence-electron chi connectivity index (χ4n) is 4.67. The summed E-state index contributed by atoms with van der Waals surface area (Å²) >= 11 is 4.84. The number of carbonyl (C=O) groups is 2. The Balaban J connectivity index is 1.48. The highest BCUT2D eigenvalue weighted by Gasteiger charge is 2.44. The summed E-state index contributed by atoms with van der Waals surface area (Å²) in [6.45, 7) is 5.49. The monoisotopic (exact) mass is 533 g/mol. The van der Waals surface area contributed by atoms with Gasteiger partial charge in [-0.25, -0.2) is 9.18 Å². The van der Waals surface area contributed by atoms with Gasteiger partial charge >= 0.3 is 6.09 Å². The van der Waals surface area contributed by atoms with Gasteiger partial charge in [-0.3, -0.25) is 4.79 Å². The molecule has 2 unspecified atom stereocenters. The van der Waals surface area contributed by atoms with Gasteiger partial charge in [0.05, 0.1) is 14.2 Å². The Hall–Kier alpha value is -2.44. The van der Waals surface area contributed by atoms with Crippen LogP contribution < -0.4 is 5.32 Å². The number of halogens is 2. The third-order valence-electron chi connectivity index (χ3n) is 5.99. The molecule has 33 heavy (non-hydrogen) atoms. The maximum absolute atomic E-state index is 14.1. The van der Waals surface area contributed by atoms with Crippen LogP contribution in [0.4, 0.5) is 9.18 Å². The second-order valence-corrected chi connectivity index (χ2v) is 11.9. The lowest BCUT2D eigenvalue weighted by molar-refractivity contribution is 0.0420. The summed E-state index contributed by atoms with van der Waals surface area (Å²) < 4.78 is 20.2. The normalized spacial score (nSPS) is 22.1. The number of carbonyl (C=O) groups excluding carboxylic acids is 2. The highest BCUT2D eigenvalue weighted by molar-refractivity contribution is 9.11. The minimum atomic E-state index is -0.585. The first kappa shape index (κ1) is 23.7. The molecule has 0 spiro atoms. The van der Waals surface area contributed by atoms with Crippen LogP contribution in [-0.4, -0.2) is 40.6 Å². The number of rotatable bonds is 3. The summed E-state index contributed by atoms with van der Waals surface area (Å²) in [6.07, 6.45) is 2.78. The molecule has 174 valence electrons. The van der Waals surface area contributed by atoms with E-state index in [0.29, 0.717) is 23.3 Å². The Morgan fingerprint density at radius 3 is 2.48 bits per heavy atom. The molecule has 2 atom stereocenters. The highest BCUT2D eigenvalue weighted by atomic mass is 79.9. The van der Waals surface area contributed by atoms with Crippen LogP contribution >= 0.6 is 27.3 Å². The number of hydrogen-bond acceptors (Lipinski definition) is 5. The van der Waals surface area contributed by atoms with Crippen molar-refractivity contribution in [2.75, 3.05) is 0 Å². The number of amides is 2. The molecule has 4 rings (SSSR count). The van der Waals surface area contributed by atoms with Crippen molar-refractivity contribution in [2.45, 2.75) is 70.2 Å². The van der Waals surface area contributed by atoms with Crippen molar-refractivity contribution >= 4 is 39.3 Å². The summed E-state index contributed by atoms with van der Waals surface area (Å²) in [4.78, 5) is 28.1. The Morgan fingerprint density at radius 1 is 1.24 bits per heavy atom. The first-order valence-corrected chi connectivity index (χ1v) is 12.5. The van der Waals surface area contributed by atoms with Gasteiger partial charge in [-0.1, -0.05) is 6.07 Å². The van der Waals surface area contributed by atoms with Crippen LogP contribution in [0.2, 0.25) is 0 Å². The van der Waals surface area contributed by atoms with E-state index in [0.717, 1.165) is 22.2 Å². The molecule has 1 aromatic carbocycles. The number of hydrogen-bond donors (Lipinski definition) is 1. The van der Waals surface area contributed by atoms with Crippen molar-refractivity contribution in [1.82, 2.24) is 10.2 Å². The molecule has 6 nitrogen and oxygen atoms in total. The number of nitrogens with one attached hydrogen (secondary N) is 1. The molecule has 9 heteroatoms. The molecule has 0 aliphatic carbocycles. The van der Waals surface area contributed by atoms with E-state index in [1.54, 1.807) is 12.1 Å². The zero-order chi connectivity index (χ0) is 23.9. The quantitative estimate of drug-likeness (QED) is 0.536. The SMILES string of the molecule is CC(C)(C)OC(=O)NC1CC2CCC(C1)N2C(=O)c1cc(-c2ccc(C#N)c(F)c2)c(Br)s1. The van der Waals surface area contributed by atoms with Gasteiger partial charge in [-0.05, 0) is 86.1 Å². The van der Waals surface area contributed by atoms with Crippen molar-refractivity contribution in [3.8, 4) is 17.2 Å². The highest BCUT2D eigenvalue weighted by Crippen LogP contribution is 2.41. The Kier molecular flexibility index (Phi) is 6.52. The van der Waals surface area contributed by atoms with Crippen LogP contribution in [0, 0.1) is 17.1 Å². The Morgan fingerprint density at radius 2 is 1.91 bits per heavy atom. The molecule has 2 aromatic rings. The summed E-state index contributed by atoms with van der Waals surface area (Å²) in [7, 11) is 0. The minimum absolute atomic E-state index is 0.0131. The average Bonchev–Trinajstić information content (AvgIpc) is 3.23. The van der Waals surface area contributed by atoms with Gasteiger partial charge in [-0.15, -0.1) is 11.3 Å². The average molecular weight is 534 g/mol. The first-order chi connectivity index (χ1) is 15.6. The van der Waals surface area contributed by atoms with E-state index in [1.165, 1.54) is 23.5 Å². The minimum Gasteiger partial charge on any atom is -0.444 e. The number of benzene rings is 1. The van der Waals surface area contributed by atoms with Crippen molar-refractivity contribution in [2.24, 2.45) is 0 Å². The van der Waals surface area contributed by atoms with Crippen molar-refractivity contribution in [1.29, 1.82) is 5.26 Å². The van der Waals surface area contributed by atoms with Crippen molar-refractivity contribution in [3.63, 3.8) is 0 Å². The number of piperidine rings is 1. The standard InChI is InChI=1S/C24H25BrFN3O3S/c1-24(2,3)32-23(31)28-15-9-16-6-7-17(10-15)29(16)22(30)20-11-18(21(25)33-20)13-4-5-14(12-27)19(26)8-13/h4-5,8,11,15-17H,6-7,9-10H2,1-3H3,(H,28,31). The topological polar surface area (TPSA) is 82.4 Å². The van der Waals surface area contributed by atoms with Crippen LogP contribution in [0.3, 0.4) is 0 Å². The third kappa shape index (κ3) is 5.07. The number of alkyl carbamates (subject to hydrolysis) is 1. The number of nitrogens with zero attached hydrogens (tertiary/aromatic N) is 2. The van der Waals surface area contributed by atoms with Gasteiger partial charge in [0, 0.05) is 23.7 Å². The van der Waals surface area contributed by atoms with E-state index < -0.39 is 17.5 Å². The molecule has 2 amide bonds. The van der Waals surface area contributed by atoms with Gasteiger partial charge in [0.2, 0.25) is 0 Å². The molecule has 2 fully saturated rings. The maximum Gasteiger partial charge on any atom is 0.407 e. The lowest BCUT2D eigenvalue weighted by atomic mass is 9.97. The van der Waals surface area contributed by atoms with Gasteiger partial charge in [0.15, 0.2) is 0 Å². The van der Waals surface area contributed by atoms with Crippen LogP contribution in [0.15, 0.2) is 28.1 Å². The number of fused-ring (bicyclic) bond motifs is 2. The number of ether oxygens (including phenoxy) is 1. The van der Waals surface area contributed by atoms with Gasteiger partial charge in [0.25, 0.3) is 5.91 Å². The van der Waals surface area contributed by atoms with Crippen LogP contribution in [0.25, 0.3) is 11.1 Å². The van der Waals surface area contributed by atoms with Crippen molar-refractivity contribution < 1.29 is 18.7 Å². The fraction of sp³-hybridized carbons (Fsp3) is 0.458. The zero-order valence-corrected chi connectivity index (χ0v) is 21.1. The summed E-state index contributed by atoms with van der Waals surface area (Å²) in [5, 5.41) is 11.9. The fourth-order valence-corrected chi connectivity index (χ4v) is 6.39.